The zero-order valence-corrected chi connectivity index (χ0v) is 15.8. The van der Waals surface area contributed by atoms with E-state index in [9.17, 15) is 0 Å². The molecule has 0 aliphatic heterocycles. The highest BCUT2D eigenvalue weighted by molar-refractivity contribution is 6.39. The lowest BCUT2D eigenvalue weighted by atomic mass is 10.1. The number of aryl methyl sites for hydroxylation is 4. The number of hydrogen-bond acceptors (Lipinski definition) is 2. The van der Waals surface area contributed by atoms with Crippen molar-refractivity contribution >= 4 is 23.3 Å². The summed E-state index contributed by atoms with van der Waals surface area (Å²) < 4.78 is 0. The summed E-state index contributed by atoms with van der Waals surface area (Å²) in [4.78, 5) is 9.75. The maximum absolute atomic E-state index is 4.97. The van der Waals surface area contributed by atoms with E-state index in [4.69, 9.17) is 9.98 Å². The van der Waals surface area contributed by atoms with Crippen molar-refractivity contribution in [3.8, 4) is 0 Å². The Bertz CT molecular complexity index is 926. The van der Waals surface area contributed by atoms with E-state index in [1.54, 1.807) is 0 Å². The lowest BCUT2D eigenvalue weighted by molar-refractivity contribution is 1.32. The highest BCUT2D eigenvalue weighted by Crippen LogP contribution is 2.25. The monoisotopic (exact) mass is 340 g/mol. The Labute approximate surface area is 156 Å². The summed E-state index contributed by atoms with van der Waals surface area (Å²) in [5.41, 5.74) is 8.62. The van der Waals surface area contributed by atoms with Crippen molar-refractivity contribution < 1.29 is 0 Å². The van der Waals surface area contributed by atoms with Crippen LogP contribution in [0.3, 0.4) is 0 Å². The van der Waals surface area contributed by atoms with E-state index >= 15 is 0 Å². The van der Waals surface area contributed by atoms with Gasteiger partial charge in [-0.15, -0.1) is 0 Å². The van der Waals surface area contributed by atoms with Gasteiger partial charge in [-0.25, -0.2) is 4.99 Å². The molecule has 3 aromatic rings. The topological polar surface area (TPSA) is 24.7 Å². The molecular weight excluding hydrogens is 316 g/mol. The fourth-order valence-corrected chi connectivity index (χ4v) is 3.01. The molecule has 130 valence electrons. The van der Waals surface area contributed by atoms with Gasteiger partial charge in [0.15, 0.2) is 0 Å². The third-order valence-corrected chi connectivity index (χ3v) is 4.50. The molecule has 0 aliphatic rings. The van der Waals surface area contributed by atoms with E-state index in [2.05, 4.69) is 76.2 Å². The molecule has 0 unspecified atom stereocenters. The summed E-state index contributed by atoms with van der Waals surface area (Å²) in [5, 5.41) is 0. The number of para-hydroxylation sites is 2. The summed E-state index contributed by atoms with van der Waals surface area (Å²) >= 11 is 0. The normalized spacial score (nSPS) is 11.9. The number of aliphatic imine (C=N–C) groups is 2. The number of benzene rings is 3. The second kappa shape index (κ2) is 7.92. The minimum Gasteiger partial charge on any atom is -0.254 e. The third-order valence-electron chi connectivity index (χ3n) is 4.50. The quantitative estimate of drug-likeness (QED) is 0.488. The van der Waals surface area contributed by atoms with Crippen LogP contribution in [0, 0.1) is 27.7 Å². The molecule has 2 heteroatoms. The van der Waals surface area contributed by atoms with Crippen LogP contribution < -0.4 is 0 Å². The maximum Gasteiger partial charge on any atom is 0.0892 e. The molecule has 0 aliphatic carbocycles. The summed E-state index contributed by atoms with van der Waals surface area (Å²) in [7, 11) is 0. The van der Waals surface area contributed by atoms with Gasteiger partial charge in [0.1, 0.15) is 0 Å². The van der Waals surface area contributed by atoms with Gasteiger partial charge >= 0.3 is 0 Å². The van der Waals surface area contributed by atoms with Gasteiger partial charge in [-0.1, -0.05) is 66.7 Å². The van der Waals surface area contributed by atoms with Crippen molar-refractivity contribution in [3.05, 3.63) is 94.5 Å². The molecule has 26 heavy (non-hydrogen) atoms. The van der Waals surface area contributed by atoms with Crippen LogP contribution in [0.4, 0.5) is 11.4 Å². The Balaban J connectivity index is 2.11. The van der Waals surface area contributed by atoms with Crippen molar-refractivity contribution in [2.75, 3.05) is 0 Å². The van der Waals surface area contributed by atoms with Gasteiger partial charge in [0, 0.05) is 5.56 Å². The Kier molecular flexibility index (Phi) is 5.43. The number of rotatable bonds is 4. The van der Waals surface area contributed by atoms with Crippen LogP contribution in [0.2, 0.25) is 0 Å². The highest BCUT2D eigenvalue weighted by atomic mass is 14.8. The van der Waals surface area contributed by atoms with Gasteiger partial charge < -0.3 is 0 Å². The molecule has 2 nitrogen and oxygen atoms in total. The van der Waals surface area contributed by atoms with E-state index < -0.39 is 0 Å². The molecule has 0 amide bonds. The van der Waals surface area contributed by atoms with Crippen LogP contribution in [0.15, 0.2) is 76.7 Å². The first-order chi connectivity index (χ1) is 12.6. The first-order valence-electron chi connectivity index (χ1n) is 8.87. The largest absolute Gasteiger partial charge is 0.254 e. The van der Waals surface area contributed by atoms with Gasteiger partial charge in [0.2, 0.25) is 0 Å². The van der Waals surface area contributed by atoms with Gasteiger partial charge in [0.05, 0.1) is 23.3 Å². The SMILES string of the molecule is Cc1cccc(C)c1N=CC(=Nc1c(C)cccc1C)c1ccccc1. The first-order valence-corrected chi connectivity index (χ1v) is 8.87. The minimum absolute atomic E-state index is 0.866. The van der Waals surface area contributed by atoms with Crippen LogP contribution >= 0.6 is 0 Å². The molecule has 0 radical (unpaired) electrons. The Morgan fingerprint density at radius 3 is 1.65 bits per heavy atom. The minimum atomic E-state index is 0.866. The number of nitrogens with zero attached hydrogens (tertiary/aromatic N) is 2. The molecule has 0 bridgehead atoms. The molecule has 0 fully saturated rings. The lowest BCUT2D eigenvalue weighted by Gasteiger charge is -2.08. The van der Waals surface area contributed by atoms with E-state index in [-0.39, 0.29) is 0 Å². The van der Waals surface area contributed by atoms with Crippen LogP contribution in [-0.4, -0.2) is 11.9 Å². The van der Waals surface area contributed by atoms with Crippen LogP contribution in [0.5, 0.6) is 0 Å². The summed E-state index contributed by atoms with van der Waals surface area (Å²) in [5.74, 6) is 0. The second-order valence-electron chi connectivity index (χ2n) is 6.60. The molecule has 0 N–H and O–H groups in total. The fraction of sp³-hybridized carbons (Fsp3) is 0.167. The average Bonchev–Trinajstić information content (AvgIpc) is 2.63. The molecule has 0 saturated carbocycles. The van der Waals surface area contributed by atoms with Crippen molar-refractivity contribution in [2.24, 2.45) is 9.98 Å². The fourth-order valence-electron chi connectivity index (χ4n) is 3.01. The second-order valence-corrected chi connectivity index (χ2v) is 6.60. The van der Waals surface area contributed by atoms with Crippen molar-refractivity contribution in [2.45, 2.75) is 27.7 Å². The van der Waals surface area contributed by atoms with E-state index in [1.165, 1.54) is 22.3 Å². The molecule has 0 aromatic heterocycles. The lowest BCUT2D eigenvalue weighted by Crippen LogP contribution is -2.02. The number of hydrogen-bond donors (Lipinski definition) is 0. The van der Waals surface area contributed by atoms with Gasteiger partial charge in [-0.05, 0) is 49.9 Å². The molecule has 0 atom stereocenters. The Morgan fingerprint density at radius 2 is 1.12 bits per heavy atom. The smallest absolute Gasteiger partial charge is 0.0892 e. The van der Waals surface area contributed by atoms with Crippen LogP contribution in [0.1, 0.15) is 27.8 Å². The predicted molar refractivity (Wildman–Crippen MR) is 113 cm³/mol. The van der Waals surface area contributed by atoms with Crippen molar-refractivity contribution in [1.82, 2.24) is 0 Å². The Hall–Kier alpha value is -3.00. The maximum atomic E-state index is 4.97. The third kappa shape index (κ3) is 3.97. The molecule has 0 saturated heterocycles. The van der Waals surface area contributed by atoms with Crippen molar-refractivity contribution in [3.63, 3.8) is 0 Å². The zero-order valence-electron chi connectivity index (χ0n) is 15.8. The van der Waals surface area contributed by atoms with Crippen LogP contribution in [-0.2, 0) is 0 Å². The summed E-state index contributed by atoms with van der Waals surface area (Å²) in [6, 6.07) is 22.7. The Morgan fingerprint density at radius 1 is 0.615 bits per heavy atom. The standard InChI is InChI=1S/C24H24N2/c1-17-10-8-11-18(2)23(17)25-16-22(21-14-6-5-7-15-21)26-24-19(3)12-9-13-20(24)4/h5-16H,1-4H3. The van der Waals surface area contributed by atoms with Crippen molar-refractivity contribution in [1.29, 1.82) is 0 Å². The predicted octanol–water partition coefficient (Wildman–Crippen LogP) is 6.44. The van der Waals surface area contributed by atoms with E-state index in [1.807, 2.05) is 24.4 Å². The average molecular weight is 340 g/mol. The van der Waals surface area contributed by atoms with Gasteiger partial charge in [-0.2, -0.15) is 0 Å². The zero-order chi connectivity index (χ0) is 18.5. The van der Waals surface area contributed by atoms with Gasteiger partial charge in [0.25, 0.3) is 0 Å². The highest BCUT2D eigenvalue weighted by Gasteiger charge is 2.06. The summed E-state index contributed by atoms with van der Waals surface area (Å²) in [6.45, 7) is 8.36. The molecule has 0 heterocycles. The van der Waals surface area contributed by atoms with Crippen LogP contribution in [0.25, 0.3) is 0 Å². The van der Waals surface area contributed by atoms with E-state index in [0.717, 1.165) is 22.6 Å². The first kappa shape index (κ1) is 17.8. The molecule has 3 rings (SSSR count). The molecule has 3 aromatic carbocycles. The molecule has 0 spiro atoms. The summed E-state index contributed by atoms with van der Waals surface area (Å²) in [6.07, 6.45) is 1.89. The molecular formula is C24H24N2. The van der Waals surface area contributed by atoms with Gasteiger partial charge in [-0.3, -0.25) is 4.99 Å². The van der Waals surface area contributed by atoms with E-state index in [0.29, 0.717) is 0 Å².